The van der Waals surface area contributed by atoms with Crippen LogP contribution in [0.15, 0.2) is 40.9 Å². The number of nitrogens with one attached hydrogen (secondary N) is 1. The lowest BCUT2D eigenvalue weighted by Gasteiger charge is -2.10. The van der Waals surface area contributed by atoms with Gasteiger partial charge >= 0.3 is 0 Å². The average Bonchev–Trinajstić information content (AvgIpc) is 2.39. The molecule has 0 saturated heterocycles. The van der Waals surface area contributed by atoms with Crippen molar-refractivity contribution in [2.24, 2.45) is 0 Å². The first-order valence-corrected chi connectivity index (χ1v) is 6.54. The molecular weight excluding hydrogens is 332 g/mol. The highest BCUT2D eigenvalue weighted by molar-refractivity contribution is 9.10. The number of rotatable bonds is 3. The SMILES string of the molecule is COc1ccc(Br)cc1NC(=O)c1cccc(Cl)n1. The van der Waals surface area contributed by atoms with Crippen LogP contribution in [0.5, 0.6) is 5.75 Å². The number of pyridine rings is 1. The number of anilines is 1. The lowest BCUT2D eigenvalue weighted by Crippen LogP contribution is -2.14. The Bertz CT molecular complexity index is 619. The van der Waals surface area contributed by atoms with Crippen LogP contribution >= 0.6 is 27.5 Å². The van der Waals surface area contributed by atoms with Crippen LogP contribution in [0, 0.1) is 0 Å². The fourth-order valence-electron chi connectivity index (χ4n) is 1.50. The van der Waals surface area contributed by atoms with E-state index in [9.17, 15) is 4.79 Å². The number of hydrogen-bond donors (Lipinski definition) is 1. The zero-order chi connectivity index (χ0) is 13.8. The minimum absolute atomic E-state index is 0.245. The molecule has 1 N–H and O–H groups in total. The Morgan fingerprint density at radius 1 is 1.37 bits per heavy atom. The zero-order valence-corrected chi connectivity index (χ0v) is 12.3. The maximum Gasteiger partial charge on any atom is 0.274 e. The maximum absolute atomic E-state index is 12.0. The highest BCUT2D eigenvalue weighted by Gasteiger charge is 2.11. The molecule has 2 rings (SSSR count). The van der Waals surface area contributed by atoms with Crippen LogP contribution in [0.3, 0.4) is 0 Å². The van der Waals surface area contributed by atoms with Crippen LogP contribution in [0.1, 0.15) is 10.5 Å². The third-order valence-corrected chi connectivity index (χ3v) is 3.06. The molecule has 1 aromatic carbocycles. The Balaban J connectivity index is 2.26. The predicted octanol–water partition coefficient (Wildman–Crippen LogP) is 3.76. The van der Waals surface area contributed by atoms with Crippen LogP contribution in [0.25, 0.3) is 0 Å². The molecule has 1 heterocycles. The van der Waals surface area contributed by atoms with Gasteiger partial charge in [-0.15, -0.1) is 0 Å². The Morgan fingerprint density at radius 2 is 2.16 bits per heavy atom. The molecule has 0 aliphatic carbocycles. The van der Waals surface area contributed by atoms with E-state index in [0.29, 0.717) is 11.4 Å². The minimum atomic E-state index is -0.348. The molecule has 19 heavy (non-hydrogen) atoms. The summed E-state index contributed by atoms with van der Waals surface area (Å²) in [4.78, 5) is 16.0. The Labute approximate surface area is 123 Å². The van der Waals surface area contributed by atoms with Crippen molar-refractivity contribution in [3.63, 3.8) is 0 Å². The van der Waals surface area contributed by atoms with E-state index in [1.807, 2.05) is 6.07 Å². The van der Waals surface area contributed by atoms with E-state index in [4.69, 9.17) is 16.3 Å². The first-order valence-electron chi connectivity index (χ1n) is 5.37. The van der Waals surface area contributed by atoms with Gasteiger partial charge in [-0.3, -0.25) is 4.79 Å². The molecule has 0 bridgehead atoms. The van der Waals surface area contributed by atoms with Crippen LogP contribution in [0.4, 0.5) is 5.69 Å². The normalized spacial score (nSPS) is 10.1. The number of carbonyl (C=O) groups excluding carboxylic acids is 1. The Hall–Kier alpha value is -1.59. The van der Waals surface area contributed by atoms with Crippen molar-refractivity contribution >= 4 is 39.1 Å². The standard InChI is InChI=1S/C13H10BrClN2O2/c1-19-11-6-5-8(14)7-10(11)17-13(18)9-3-2-4-12(15)16-9/h2-7H,1H3,(H,17,18). The number of methoxy groups -OCH3 is 1. The summed E-state index contributed by atoms with van der Waals surface area (Å²) in [5.41, 5.74) is 0.804. The van der Waals surface area contributed by atoms with Crippen molar-refractivity contribution < 1.29 is 9.53 Å². The molecule has 6 heteroatoms. The number of halogens is 2. The molecule has 0 unspecified atom stereocenters. The van der Waals surface area contributed by atoms with Gasteiger partial charge in [0.25, 0.3) is 5.91 Å². The van der Waals surface area contributed by atoms with Crippen LogP contribution in [-0.2, 0) is 0 Å². The third-order valence-electron chi connectivity index (χ3n) is 2.36. The summed E-state index contributed by atoms with van der Waals surface area (Å²) in [6, 6.07) is 10.2. The van der Waals surface area contributed by atoms with Gasteiger partial charge in [0.15, 0.2) is 0 Å². The third kappa shape index (κ3) is 3.45. The van der Waals surface area contributed by atoms with Gasteiger partial charge < -0.3 is 10.1 Å². The maximum atomic E-state index is 12.0. The minimum Gasteiger partial charge on any atom is -0.495 e. The van der Waals surface area contributed by atoms with E-state index in [0.717, 1.165) is 4.47 Å². The molecule has 2 aromatic rings. The van der Waals surface area contributed by atoms with Crippen molar-refractivity contribution in [2.45, 2.75) is 0 Å². The van der Waals surface area contributed by atoms with Crippen molar-refractivity contribution in [1.82, 2.24) is 4.98 Å². The van der Waals surface area contributed by atoms with Gasteiger partial charge in [-0.2, -0.15) is 0 Å². The molecule has 98 valence electrons. The number of benzene rings is 1. The highest BCUT2D eigenvalue weighted by atomic mass is 79.9. The molecule has 1 aromatic heterocycles. The molecule has 0 atom stereocenters. The van der Waals surface area contributed by atoms with Crippen LogP contribution in [0.2, 0.25) is 5.15 Å². The average molecular weight is 342 g/mol. The first-order chi connectivity index (χ1) is 9.10. The van der Waals surface area contributed by atoms with Crippen molar-refractivity contribution in [3.8, 4) is 5.75 Å². The van der Waals surface area contributed by atoms with Gasteiger partial charge in [0.1, 0.15) is 16.6 Å². The fraction of sp³-hybridized carbons (Fsp3) is 0.0769. The van der Waals surface area contributed by atoms with Gasteiger partial charge in [0.05, 0.1) is 12.8 Å². The largest absolute Gasteiger partial charge is 0.495 e. The number of amides is 1. The zero-order valence-electron chi connectivity index (χ0n) is 9.98. The lowest BCUT2D eigenvalue weighted by atomic mass is 10.2. The summed E-state index contributed by atoms with van der Waals surface area (Å²) in [6.45, 7) is 0. The van der Waals surface area contributed by atoms with Gasteiger partial charge in [-0.1, -0.05) is 33.6 Å². The molecule has 1 amide bonds. The second kappa shape index (κ2) is 6.04. The summed E-state index contributed by atoms with van der Waals surface area (Å²) >= 11 is 9.09. The number of aromatic nitrogens is 1. The van der Waals surface area contributed by atoms with E-state index >= 15 is 0 Å². The quantitative estimate of drug-likeness (QED) is 0.865. The Morgan fingerprint density at radius 3 is 2.84 bits per heavy atom. The van der Waals surface area contributed by atoms with Gasteiger partial charge in [-0.05, 0) is 30.3 Å². The molecule has 0 aliphatic rings. The lowest BCUT2D eigenvalue weighted by molar-refractivity contribution is 0.102. The van der Waals surface area contributed by atoms with E-state index in [2.05, 4.69) is 26.2 Å². The summed E-state index contributed by atoms with van der Waals surface area (Å²) in [5, 5.41) is 3.00. The van der Waals surface area contributed by atoms with E-state index < -0.39 is 0 Å². The molecule has 4 nitrogen and oxygen atoms in total. The van der Waals surface area contributed by atoms with Gasteiger partial charge in [0.2, 0.25) is 0 Å². The van der Waals surface area contributed by atoms with Crippen LogP contribution < -0.4 is 10.1 Å². The summed E-state index contributed by atoms with van der Waals surface area (Å²) < 4.78 is 6.01. The number of nitrogens with zero attached hydrogens (tertiary/aromatic N) is 1. The van der Waals surface area contributed by atoms with Crippen molar-refractivity contribution in [3.05, 3.63) is 51.7 Å². The smallest absolute Gasteiger partial charge is 0.274 e. The summed E-state index contributed by atoms with van der Waals surface area (Å²) in [6.07, 6.45) is 0. The van der Waals surface area contributed by atoms with Crippen molar-refractivity contribution in [2.75, 3.05) is 12.4 Å². The first kappa shape index (κ1) is 13.8. The molecule has 0 aliphatic heterocycles. The second-order valence-corrected chi connectivity index (χ2v) is 4.95. The second-order valence-electron chi connectivity index (χ2n) is 3.64. The van der Waals surface area contributed by atoms with E-state index in [-0.39, 0.29) is 16.8 Å². The number of ether oxygens (including phenoxy) is 1. The summed E-state index contributed by atoms with van der Waals surface area (Å²) in [7, 11) is 1.54. The van der Waals surface area contributed by atoms with Gasteiger partial charge in [-0.25, -0.2) is 4.98 Å². The molecule has 0 saturated carbocycles. The number of carbonyl (C=O) groups is 1. The molecule has 0 spiro atoms. The number of hydrogen-bond acceptors (Lipinski definition) is 3. The molecule has 0 radical (unpaired) electrons. The van der Waals surface area contributed by atoms with Crippen LogP contribution in [-0.4, -0.2) is 18.0 Å². The Kier molecular flexibility index (Phi) is 4.39. The van der Waals surface area contributed by atoms with E-state index in [1.165, 1.54) is 7.11 Å². The fourth-order valence-corrected chi connectivity index (χ4v) is 2.02. The van der Waals surface area contributed by atoms with Gasteiger partial charge in [0, 0.05) is 4.47 Å². The summed E-state index contributed by atoms with van der Waals surface area (Å²) in [5.74, 6) is 0.220. The molecular formula is C13H10BrClN2O2. The van der Waals surface area contributed by atoms with Crippen molar-refractivity contribution in [1.29, 1.82) is 0 Å². The topological polar surface area (TPSA) is 51.2 Å². The monoisotopic (exact) mass is 340 g/mol. The predicted molar refractivity (Wildman–Crippen MR) is 77.9 cm³/mol. The highest BCUT2D eigenvalue weighted by Crippen LogP contribution is 2.28. The molecule has 0 fully saturated rings. The van der Waals surface area contributed by atoms with E-state index in [1.54, 1.807) is 30.3 Å².